The molecule has 0 fully saturated rings. The molecule has 716 valence electrons. The Morgan fingerprint density at radius 1 is 0.238 bits per heavy atom. The van der Waals surface area contributed by atoms with Gasteiger partial charge in [-0.25, -0.2) is 38.4 Å². The molecule has 0 radical (unpaired) electrons. The van der Waals surface area contributed by atoms with Gasteiger partial charge in [0, 0.05) is 103 Å². The topological polar surface area (TPSA) is 461 Å². The first-order chi connectivity index (χ1) is 61.3. The van der Waals surface area contributed by atoms with Crippen molar-refractivity contribution in [1.29, 1.82) is 0 Å². The van der Waals surface area contributed by atoms with Crippen molar-refractivity contribution in [3.63, 3.8) is 0 Å². The van der Waals surface area contributed by atoms with E-state index in [0.717, 1.165) is 177 Å². The number of amides is 8. The van der Waals surface area contributed by atoms with Crippen LogP contribution in [0.3, 0.4) is 0 Å². The van der Waals surface area contributed by atoms with E-state index in [9.17, 15) is 57.5 Å². The number of alkyl carbamates (subject to hydrolysis) is 8. The van der Waals surface area contributed by atoms with Crippen molar-refractivity contribution in [1.82, 2.24) is 42.5 Å². The van der Waals surface area contributed by atoms with Crippen molar-refractivity contribution in [3.05, 3.63) is 70.8 Å². The number of unbranched alkanes of at least 4 members (excludes halogenated alkanes) is 19. The summed E-state index contributed by atoms with van der Waals surface area (Å²) < 4.78 is 59.2. The number of aliphatic imine (C=N–C) groups is 4. The Hall–Kier alpha value is -10.8. The van der Waals surface area contributed by atoms with Gasteiger partial charge in [-0.15, -0.1) is 0 Å². The zero-order chi connectivity index (χ0) is 92.9. The average molecular weight is 1790 g/mol. The predicted molar refractivity (Wildman–Crippen MR) is 485 cm³/mol. The van der Waals surface area contributed by atoms with E-state index in [0.29, 0.717) is 137 Å². The van der Waals surface area contributed by atoms with E-state index in [1.807, 2.05) is 74.8 Å². The van der Waals surface area contributed by atoms with Gasteiger partial charge in [0.1, 0.15) is 13.2 Å². The van der Waals surface area contributed by atoms with Gasteiger partial charge in [-0.2, -0.15) is 0 Å². The lowest BCUT2D eigenvalue weighted by Gasteiger charge is -2.08. The van der Waals surface area contributed by atoms with E-state index in [1.54, 1.807) is 26.3 Å². The lowest BCUT2D eigenvalue weighted by molar-refractivity contribution is -0.150. The number of benzene rings is 2. The highest BCUT2D eigenvalue weighted by Crippen LogP contribution is 2.09. The first-order valence-corrected chi connectivity index (χ1v) is 45.2. The second-order valence-corrected chi connectivity index (χ2v) is 28.1. The number of carbonyl (C=O) groups excluding carboxylic acids is 12. The fourth-order valence-electron chi connectivity index (χ4n) is 10.3. The summed E-state index contributed by atoms with van der Waals surface area (Å²) in [6.07, 6.45) is 28.6. The Kier molecular flexibility index (Phi) is 84.1. The molecule has 2 aromatic rings. The van der Waals surface area contributed by atoms with Gasteiger partial charge in [0.05, 0.1) is 93.0 Å². The molecular weight excluding hydrogens is 1630 g/mol. The molecular formula is C90H152N12O24. The van der Waals surface area contributed by atoms with Gasteiger partial charge in [0.25, 0.3) is 0 Å². The number of methoxy groups -OCH3 is 2. The summed E-state index contributed by atoms with van der Waals surface area (Å²) in [7, 11) is 2.69. The number of carbonyl (C=O) groups is 12. The van der Waals surface area contributed by atoms with Gasteiger partial charge in [0.15, 0.2) is 0 Å². The number of nitrogens with one attached hydrogen (secondary N) is 8. The molecule has 8 N–H and O–H groups in total. The Balaban J connectivity index is 0. The number of hydrogen-bond donors (Lipinski definition) is 8. The van der Waals surface area contributed by atoms with Crippen molar-refractivity contribution in [2.24, 2.45) is 20.0 Å². The number of hydrogen-bond acceptors (Lipinski definition) is 28. The van der Waals surface area contributed by atoms with Crippen LogP contribution in [0, 0.1) is 0 Å². The maximum absolute atomic E-state index is 11.7. The fourth-order valence-corrected chi connectivity index (χ4v) is 10.3. The Bertz CT molecular complexity index is 3130. The van der Waals surface area contributed by atoms with Gasteiger partial charge in [-0.3, -0.25) is 39.1 Å². The summed E-state index contributed by atoms with van der Waals surface area (Å²) in [5, 5.41) is 21.4. The van der Waals surface area contributed by atoms with Crippen molar-refractivity contribution in [2.45, 2.75) is 247 Å². The molecule has 36 heteroatoms. The number of esters is 4. The molecule has 2 aromatic carbocycles. The van der Waals surface area contributed by atoms with Crippen LogP contribution in [0.15, 0.2) is 68.5 Å². The summed E-state index contributed by atoms with van der Waals surface area (Å²) in [5.74, 6) is -1.31. The summed E-state index contributed by atoms with van der Waals surface area (Å²) in [5.41, 5.74) is 4.10. The molecule has 36 nitrogen and oxygen atoms in total. The lowest BCUT2D eigenvalue weighted by atomic mass is 10.1. The van der Waals surface area contributed by atoms with Gasteiger partial charge < -0.3 is 99.4 Å². The molecule has 126 heavy (non-hydrogen) atoms. The summed E-state index contributed by atoms with van der Waals surface area (Å²) in [6, 6.07) is 15.8. The zero-order valence-corrected chi connectivity index (χ0v) is 76.7. The largest absolute Gasteiger partial charge is 0.466 e. The molecule has 0 heterocycles. The number of nitrogens with zero attached hydrogens (tertiary/aromatic N) is 4. The van der Waals surface area contributed by atoms with E-state index in [4.69, 9.17) is 47.4 Å². The third-order valence-electron chi connectivity index (χ3n) is 17.2. The first-order valence-electron chi connectivity index (χ1n) is 45.2. The van der Waals surface area contributed by atoms with Crippen molar-refractivity contribution < 1.29 is 114 Å². The minimum atomic E-state index is -0.464. The van der Waals surface area contributed by atoms with Gasteiger partial charge in [0.2, 0.25) is 0 Å². The van der Waals surface area contributed by atoms with Crippen molar-refractivity contribution in [3.8, 4) is 0 Å². The molecule has 0 aliphatic carbocycles. The van der Waals surface area contributed by atoms with E-state index < -0.39 is 48.6 Å². The number of ether oxygens (including phenoxy) is 12. The van der Waals surface area contributed by atoms with Crippen LogP contribution in [-0.4, -0.2) is 256 Å². The molecule has 0 atom stereocenters. The van der Waals surface area contributed by atoms with E-state index in [1.165, 1.54) is 14.2 Å². The molecule has 0 aliphatic rings. The standard InChI is InChI=1S/C25H46N2O8.C23H42N2O8.2C21H32N4O4/c1-3-5-12-19-33-22(28)15-8-9-16-23(29)34-20-13-14-21-35-25(31)27-18-11-7-6-10-17-26-24(30)32-4-2;1-3-5-10-17-31-20(26)13-14-21(27)32-18-11-12-19-33-23(29)25-16-9-7-6-8-15-24-22(28)30-4-2;2*1-3-22-16-18-8-10-19(11-9-18)17-23-14-15-29-21(27)25-13-7-5-4-6-12-24-20(26)28-2/h3-21H2,1-2H3,(H,26,30)(H,27,31);3-19H2,1-2H3,(H,24,28)(H,25,29);2*8-11,16-17H,3-7,12-15H2,1-2H3,(H,24,26)(H,25,27). The highest BCUT2D eigenvalue weighted by Gasteiger charge is 2.13. The predicted octanol–water partition coefficient (Wildman–Crippen LogP) is 14.9. The Morgan fingerprint density at radius 3 is 0.690 bits per heavy atom. The van der Waals surface area contributed by atoms with Crippen molar-refractivity contribution >= 4 is 97.5 Å². The molecule has 0 saturated heterocycles. The molecule has 0 bridgehead atoms. The van der Waals surface area contributed by atoms with Crippen LogP contribution in [0.5, 0.6) is 0 Å². The summed E-state index contributed by atoms with van der Waals surface area (Å²) >= 11 is 0. The van der Waals surface area contributed by atoms with Gasteiger partial charge in [-0.1, -0.05) is 139 Å². The van der Waals surface area contributed by atoms with Gasteiger partial charge in [-0.05, 0) is 153 Å². The second kappa shape index (κ2) is 90.4. The van der Waals surface area contributed by atoms with Crippen LogP contribution in [0.25, 0.3) is 0 Å². The van der Waals surface area contributed by atoms with Crippen molar-refractivity contribution in [2.75, 3.05) is 159 Å². The minimum Gasteiger partial charge on any atom is -0.466 e. The van der Waals surface area contributed by atoms with Crippen LogP contribution in [-0.2, 0) is 76.0 Å². The maximum Gasteiger partial charge on any atom is 0.407 e. The third-order valence-corrected chi connectivity index (χ3v) is 17.2. The fraction of sp³-hybridized carbons (Fsp3) is 0.689. The monoisotopic (exact) mass is 1790 g/mol. The third kappa shape index (κ3) is 85.3. The van der Waals surface area contributed by atoms with Crippen LogP contribution in [0.4, 0.5) is 38.4 Å². The molecule has 2 rings (SSSR count). The minimum absolute atomic E-state index is 0.00737. The average Bonchev–Trinajstić information content (AvgIpc) is 0.918. The highest BCUT2D eigenvalue weighted by atomic mass is 16.6. The van der Waals surface area contributed by atoms with Crippen LogP contribution >= 0.6 is 0 Å². The summed E-state index contributed by atoms with van der Waals surface area (Å²) in [6.45, 7) is 21.7. The molecule has 0 unspecified atom stereocenters. The van der Waals surface area contributed by atoms with E-state index >= 15 is 0 Å². The zero-order valence-electron chi connectivity index (χ0n) is 76.7. The Morgan fingerprint density at radius 2 is 0.452 bits per heavy atom. The molecule has 0 aliphatic heterocycles. The second-order valence-electron chi connectivity index (χ2n) is 28.1. The Labute approximate surface area is 747 Å². The van der Waals surface area contributed by atoms with Gasteiger partial charge >= 0.3 is 72.6 Å². The van der Waals surface area contributed by atoms with Crippen LogP contribution < -0.4 is 42.5 Å². The quantitative estimate of drug-likeness (QED) is 0.0132. The first kappa shape index (κ1) is 117. The molecule has 0 aromatic heterocycles. The smallest absolute Gasteiger partial charge is 0.407 e. The van der Waals surface area contributed by atoms with E-state index in [-0.39, 0.29) is 82.9 Å². The maximum atomic E-state index is 11.7. The summed E-state index contributed by atoms with van der Waals surface area (Å²) in [4.78, 5) is 154. The SMILES string of the molecule is CCCCCOC(=O)CCC(=O)OCCCCOC(=O)NCCCCCCNC(=O)OCC.CCCCCOC(=O)CCCCC(=O)OCCCCOC(=O)NCCCCCCNC(=O)OCC.CCN=Cc1ccc(C=NCCOC(=O)NCCCCCCNC(=O)OC)cc1.CCN=Cc1ccc(C=NCCOC(=O)NCCCCCCNC(=O)OC)cc1. The number of rotatable bonds is 68. The molecule has 0 saturated carbocycles. The highest BCUT2D eigenvalue weighted by molar-refractivity contribution is 5.85. The van der Waals surface area contributed by atoms with Crippen LogP contribution in [0.2, 0.25) is 0 Å². The van der Waals surface area contributed by atoms with Crippen LogP contribution in [0.1, 0.15) is 269 Å². The molecule has 8 amide bonds. The molecule has 0 spiro atoms. The lowest BCUT2D eigenvalue weighted by Crippen LogP contribution is -2.26. The normalized spacial score (nSPS) is 10.6. The van der Waals surface area contributed by atoms with E-state index in [2.05, 4.69) is 85.8 Å².